The van der Waals surface area contributed by atoms with Gasteiger partial charge in [0.25, 0.3) is 5.91 Å². The Labute approximate surface area is 188 Å². The highest BCUT2D eigenvalue weighted by Crippen LogP contribution is 2.20. The number of nitrogens with zero attached hydrogens (tertiary/aromatic N) is 3. The van der Waals surface area contributed by atoms with Gasteiger partial charge >= 0.3 is 0 Å². The van der Waals surface area contributed by atoms with Gasteiger partial charge in [-0.3, -0.25) is 19.5 Å². The van der Waals surface area contributed by atoms with Gasteiger partial charge in [-0.25, -0.2) is 0 Å². The molecule has 3 aromatic rings. The summed E-state index contributed by atoms with van der Waals surface area (Å²) in [6.45, 7) is 3.92. The van der Waals surface area contributed by atoms with E-state index in [9.17, 15) is 9.59 Å². The summed E-state index contributed by atoms with van der Waals surface area (Å²) in [6.07, 6.45) is 3.86. The van der Waals surface area contributed by atoms with Crippen LogP contribution in [0.1, 0.15) is 33.9 Å². The number of aromatic nitrogens is 1. The number of carbonyl (C=O) groups excluding carboxylic acids is 2. The van der Waals surface area contributed by atoms with Crippen molar-refractivity contribution in [3.05, 3.63) is 102 Å². The molecule has 0 spiro atoms. The van der Waals surface area contributed by atoms with Crippen molar-refractivity contribution < 1.29 is 9.59 Å². The van der Waals surface area contributed by atoms with Gasteiger partial charge in [0.2, 0.25) is 5.91 Å². The number of amides is 2. The fourth-order valence-corrected chi connectivity index (χ4v) is 3.97. The van der Waals surface area contributed by atoms with Crippen molar-refractivity contribution in [2.75, 3.05) is 26.2 Å². The molecule has 32 heavy (non-hydrogen) atoms. The molecular formula is C26H28N4O2. The van der Waals surface area contributed by atoms with Crippen LogP contribution >= 0.6 is 0 Å². The van der Waals surface area contributed by atoms with Gasteiger partial charge in [-0.15, -0.1) is 0 Å². The lowest BCUT2D eigenvalue weighted by Crippen LogP contribution is -2.49. The molecule has 1 aromatic heterocycles. The highest BCUT2D eigenvalue weighted by molar-refractivity contribution is 5.94. The largest absolute Gasteiger partial charge is 0.345 e. The average molecular weight is 429 g/mol. The standard InChI is InChI=1S/C26H28N4O2/c31-25(30-17-15-29(16-18-30)20-21-11-13-27-14-12-21)19-24(22-7-3-1-4-8-22)28-26(32)23-9-5-2-6-10-23/h1-14,24H,15-20H2,(H,28,32). The fraction of sp³-hybridized carbons (Fsp3) is 0.269. The molecule has 1 N–H and O–H groups in total. The smallest absolute Gasteiger partial charge is 0.251 e. The van der Waals surface area contributed by atoms with E-state index in [4.69, 9.17) is 0 Å². The quantitative estimate of drug-likeness (QED) is 0.627. The minimum absolute atomic E-state index is 0.0655. The van der Waals surface area contributed by atoms with Crippen molar-refractivity contribution in [1.29, 1.82) is 0 Å². The van der Waals surface area contributed by atoms with Crippen LogP contribution in [-0.4, -0.2) is 52.8 Å². The number of piperazine rings is 1. The highest BCUT2D eigenvalue weighted by atomic mass is 16.2. The molecule has 0 aliphatic carbocycles. The number of rotatable bonds is 7. The van der Waals surface area contributed by atoms with Gasteiger partial charge in [0.1, 0.15) is 0 Å². The molecule has 2 aromatic carbocycles. The van der Waals surface area contributed by atoms with Crippen LogP contribution in [0.25, 0.3) is 0 Å². The first-order chi connectivity index (χ1) is 15.7. The van der Waals surface area contributed by atoms with Gasteiger partial charge in [0.05, 0.1) is 12.5 Å². The topological polar surface area (TPSA) is 65.5 Å². The van der Waals surface area contributed by atoms with E-state index < -0.39 is 0 Å². The van der Waals surface area contributed by atoms with Crippen LogP contribution in [0, 0.1) is 0 Å². The third kappa shape index (κ3) is 5.80. The highest BCUT2D eigenvalue weighted by Gasteiger charge is 2.25. The molecule has 2 amide bonds. The Kier molecular flexibility index (Phi) is 7.25. The lowest BCUT2D eigenvalue weighted by molar-refractivity contribution is -0.133. The molecule has 1 aliphatic rings. The minimum Gasteiger partial charge on any atom is -0.345 e. The number of carbonyl (C=O) groups is 2. The van der Waals surface area contributed by atoms with E-state index >= 15 is 0 Å². The first-order valence-electron chi connectivity index (χ1n) is 11.0. The second-order valence-corrected chi connectivity index (χ2v) is 8.02. The number of pyridine rings is 1. The van der Waals surface area contributed by atoms with Gasteiger partial charge in [0.15, 0.2) is 0 Å². The summed E-state index contributed by atoms with van der Waals surface area (Å²) in [4.78, 5) is 34.2. The molecule has 0 bridgehead atoms. The molecule has 0 saturated carbocycles. The lowest BCUT2D eigenvalue weighted by atomic mass is 10.0. The third-order valence-corrected chi connectivity index (χ3v) is 5.80. The minimum atomic E-state index is -0.369. The Morgan fingerprint density at radius 1 is 0.844 bits per heavy atom. The van der Waals surface area contributed by atoms with Gasteiger partial charge in [-0.05, 0) is 35.4 Å². The number of hydrogen-bond donors (Lipinski definition) is 1. The Bertz CT molecular complexity index is 1000. The molecule has 4 rings (SSSR count). The van der Waals surface area contributed by atoms with Crippen LogP contribution in [0.3, 0.4) is 0 Å². The van der Waals surface area contributed by atoms with Crippen LogP contribution in [0.2, 0.25) is 0 Å². The lowest BCUT2D eigenvalue weighted by Gasteiger charge is -2.35. The van der Waals surface area contributed by atoms with Crippen LogP contribution < -0.4 is 5.32 Å². The summed E-state index contributed by atoms with van der Waals surface area (Å²) in [5.41, 5.74) is 2.75. The predicted molar refractivity (Wildman–Crippen MR) is 124 cm³/mol. The second-order valence-electron chi connectivity index (χ2n) is 8.02. The Hall–Kier alpha value is -3.51. The van der Waals surface area contributed by atoms with Crippen LogP contribution in [0.15, 0.2) is 85.2 Å². The summed E-state index contributed by atoms with van der Waals surface area (Å²) in [5.74, 6) is -0.106. The van der Waals surface area contributed by atoms with Crippen LogP contribution in [-0.2, 0) is 11.3 Å². The number of nitrogens with one attached hydrogen (secondary N) is 1. The Balaban J connectivity index is 1.37. The fourth-order valence-electron chi connectivity index (χ4n) is 3.97. The molecule has 1 fully saturated rings. The summed E-state index contributed by atoms with van der Waals surface area (Å²) in [7, 11) is 0. The zero-order chi connectivity index (χ0) is 22.2. The van der Waals surface area contributed by atoms with E-state index in [1.807, 2.05) is 78.0 Å². The van der Waals surface area contributed by atoms with E-state index in [1.165, 1.54) is 5.56 Å². The molecule has 1 unspecified atom stereocenters. The first-order valence-corrected chi connectivity index (χ1v) is 11.0. The molecule has 1 atom stereocenters. The maximum absolute atomic E-state index is 13.1. The van der Waals surface area contributed by atoms with E-state index in [-0.39, 0.29) is 24.3 Å². The van der Waals surface area contributed by atoms with Crippen molar-refractivity contribution in [1.82, 2.24) is 20.1 Å². The van der Waals surface area contributed by atoms with Gasteiger partial charge in [-0.1, -0.05) is 48.5 Å². The van der Waals surface area contributed by atoms with E-state index in [1.54, 1.807) is 12.1 Å². The number of hydrogen-bond acceptors (Lipinski definition) is 4. The van der Waals surface area contributed by atoms with Crippen molar-refractivity contribution in [3.8, 4) is 0 Å². The molecule has 2 heterocycles. The van der Waals surface area contributed by atoms with E-state index in [0.29, 0.717) is 18.7 Å². The summed E-state index contributed by atoms with van der Waals surface area (Å²) >= 11 is 0. The third-order valence-electron chi connectivity index (χ3n) is 5.80. The van der Waals surface area contributed by atoms with Crippen molar-refractivity contribution >= 4 is 11.8 Å². The molecular weight excluding hydrogens is 400 g/mol. The normalized spacial score (nSPS) is 15.2. The first kappa shape index (κ1) is 21.7. The van der Waals surface area contributed by atoms with Gasteiger partial charge in [-0.2, -0.15) is 0 Å². The summed E-state index contributed by atoms with van der Waals surface area (Å²) in [5, 5.41) is 3.06. The molecule has 6 nitrogen and oxygen atoms in total. The maximum Gasteiger partial charge on any atom is 0.251 e. The Morgan fingerprint density at radius 3 is 2.12 bits per heavy atom. The van der Waals surface area contributed by atoms with Crippen LogP contribution in [0.4, 0.5) is 0 Å². The molecule has 0 radical (unpaired) electrons. The van der Waals surface area contributed by atoms with Gasteiger partial charge < -0.3 is 10.2 Å². The van der Waals surface area contributed by atoms with Gasteiger partial charge in [0, 0.05) is 50.7 Å². The average Bonchev–Trinajstić information content (AvgIpc) is 2.85. The molecule has 164 valence electrons. The zero-order valence-electron chi connectivity index (χ0n) is 18.1. The van der Waals surface area contributed by atoms with Crippen molar-refractivity contribution in [2.24, 2.45) is 0 Å². The van der Waals surface area contributed by atoms with Crippen LogP contribution in [0.5, 0.6) is 0 Å². The maximum atomic E-state index is 13.1. The Morgan fingerprint density at radius 2 is 1.47 bits per heavy atom. The monoisotopic (exact) mass is 428 g/mol. The number of benzene rings is 2. The SMILES string of the molecule is O=C(NC(CC(=O)N1CCN(Cc2ccncc2)CC1)c1ccccc1)c1ccccc1. The molecule has 1 saturated heterocycles. The summed E-state index contributed by atoms with van der Waals surface area (Å²) in [6, 6.07) is 22.5. The zero-order valence-corrected chi connectivity index (χ0v) is 18.1. The molecule has 6 heteroatoms. The predicted octanol–water partition coefficient (Wildman–Crippen LogP) is 3.29. The van der Waals surface area contributed by atoms with E-state index in [0.717, 1.165) is 25.2 Å². The molecule has 1 aliphatic heterocycles. The van der Waals surface area contributed by atoms with E-state index in [2.05, 4.69) is 15.2 Å². The second kappa shape index (κ2) is 10.7. The van der Waals surface area contributed by atoms with Crippen molar-refractivity contribution in [3.63, 3.8) is 0 Å². The summed E-state index contributed by atoms with van der Waals surface area (Å²) < 4.78 is 0. The van der Waals surface area contributed by atoms with Crippen molar-refractivity contribution in [2.45, 2.75) is 19.0 Å².